The molecule has 1 heterocycles. The number of methoxy groups -OCH3 is 1. The van der Waals surface area contributed by atoms with Crippen LogP contribution in [0.4, 0.5) is 0 Å². The minimum Gasteiger partial charge on any atom is -0.493 e. The van der Waals surface area contributed by atoms with Crippen molar-refractivity contribution in [1.82, 2.24) is 4.31 Å². The summed E-state index contributed by atoms with van der Waals surface area (Å²) in [5.74, 6) is 1.55. The third-order valence-electron chi connectivity index (χ3n) is 3.65. The van der Waals surface area contributed by atoms with Crippen LogP contribution < -0.4 is 8.92 Å². The lowest BCUT2D eigenvalue weighted by Gasteiger charge is -2.26. The summed E-state index contributed by atoms with van der Waals surface area (Å²) in [7, 11) is 1.67. The second kappa shape index (κ2) is 6.41. The van der Waals surface area contributed by atoms with E-state index in [0.29, 0.717) is 0 Å². The van der Waals surface area contributed by atoms with Gasteiger partial charge in [0.15, 0.2) is 11.5 Å². The Morgan fingerprint density at radius 3 is 2.67 bits per heavy atom. The molecule has 0 atom stereocenters. The molecule has 0 saturated carbocycles. The largest absolute Gasteiger partial charge is 0.493 e. The first kappa shape index (κ1) is 14.3. The molecule has 21 heavy (non-hydrogen) atoms. The van der Waals surface area contributed by atoms with Gasteiger partial charge in [0.25, 0.3) is 0 Å². The predicted octanol–water partition coefficient (Wildman–Crippen LogP) is 4.00. The number of ether oxygens (including phenoxy) is 1. The maximum atomic E-state index is 5.86. The van der Waals surface area contributed by atoms with Gasteiger partial charge in [-0.15, -0.1) is 0 Å². The Kier molecular flexibility index (Phi) is 4.36. The quantitative estimate of drug-likeness (QED) is 0.628. The highest BCUT2D eigenvalue weighted by molar-refractivity contribution is 7.92. The molecule has 0 radical (unpaired) electrons. The van der Waals surface area contributed by atoms with E-state index >= 15 is 0 Å². The molecule has 0 aromatic heterocycles. The van der Waals surface area contributed by atoms with Crippen LogP contribution >= 0.6 is 12.2 Å². The minimum atomic E-state index is 0.770. The molecular formula is C17H19NO2S. The van der Waals surface area contributed by atoms with Crippen molar-refractivity contribution in [2.24, 2.45) is 0 Å². The van der Waals surface area contributed by atoms with Crippen LogP contribution in [0.15, 0.2) is 42.5 Å². The second-order valence-electron chi connectivity index (χ2n) is 5.19. The van der Waals surface area contributed by atoms with E-state index in [1.54, 1.807) is 7.11 Å². The molecule has 0 N–H and O–H groups in total. The summed E-state index contributed by atoms with van der Waals surface area (Å²) in [5.41, 5.74) is 3.99. The normalized spacial score (nSPS) is 14.6. The first-order valence-corrected chi connectivity index (χ1v) is 7.77. The molecule has 0 amide bonds. The molecule has 1 aliphatic heterocycles. The molecule has 2 aromatic carbocycles. The first-order chi connectivity index (χ1) is 10.3. The molecule has 1 aliphatic rings. The van der Waals surface area contributed by atoms with Gasteiger partial charge in [0, 0.05) is 13.1 Å². The van der Waals surface area contributed by atoms with Crippen molar-refractivity contribution in [3.8, 4) is 11.5 Å². The molecule has 0 aliphatic carbocycles. The summed E-state index contributed by atoms with van der Waals surface area (Å²) in [5, 5.41) is 0. The van der Waals surface area contributed by atoms with E-state index in [9.17, 15) is 0 Å². The van der Waals surface area contributed by atoms with Gasteiger partial charge in [0.05, 0.1) is 7.11 Å². The SMILES string of the molecule is COc1cc(C)ccc1OSN1CCc2ccccc2C1. The van der Waals surface area contributed by atoms with E-state index in [4.69, 9.17) is 8.92 Å². The molecule has 0 bridgehead atoms. The number of nitrogens with zero attached hydrogens (tertiary/aromatic N) is 1. The van der Waals surface area contributed by atoms with E-state index in [0.717, 1.165) is 36.6 Å². The highest BCUT2D eigenvalue weighted by atomic mass is 32.2. The fraction of sp³-hybridized carbons (Fsp3) is 0.294. The molecule has 3 rings (SSSR count). The number of aryl methyl sites for hydroxylation is 1. The van der Waals surface area contributed by atoms with Gasteiger partial charge in [-0.3, -0.25) is 0 Å². The lowest BCUT2D eigenvalue weighted by molar-refractivity contribution is 0.387. The van der Waals surface area contributed by atoms with Crippen LogP contribution in [0, 0.1) is 6.92 Å². The van der Waals surface area contributed by atoms with Crippen LogP contribution in [0.25, 0.3) is 0 Å². The fourth-order valence-corrected chi connectivity index (χ4v) is 3.15. The van der Waals surface area contributed by atoms with Crippen molar-refractivity contribution in [3.63, 3.8) is 0 Å². The molecule has 0 unspecified atom stereocenters. The number of benzene rings is 2. The van der Waals surface area contributed by atoms with E-state index in [1.165, 1.54) is 23.4 Å². The zero-order valence-corrected chi connectivity index (χ0v) is 13.2. The third-order valence-corrected chi connectivity index (χ3v) is 4.42. The van der Waals surface area contributed by atoms with Gasteiger partial charge in [0.1, 0.15) is 12.2 Å². The Hall–Kier alpha value is -1.65. The molecule has 0 fully saturated rings. The van der Waals surface area contributed by atoms with Crippen molar-refractivity contribution in [2.75, 3.05) is 13.7 Å². The summed E-state index contributed by atoms with van der Waals surface area (Å²) in [4.78, 5) is 0. The van der Waals surface area contributed by atoms with Crippen LogP contribution in [-0.2, 0) is 13.0 Å². The number of hydrogen-bond donors (Lipinski definition) is 0. The first-order valence-electron chi connectivity index (χ1n) is 7.07. The lowest BCUT2D eigenvalue weighted by Crippen LogP contribution is -2.25. The monoisotopic (exact) mass is 301 g/mol. The van der Waals surface area contributed by atoms with Gasteiger partial charge < -0.3 is 8.92 Å². The van der Waals surface area contributed by atoms with Crippen LogP contribution in [0.3, 0.4) is 0 Å². The molecule has 0 spiro atoms. The van der Waals surface area contributed by atoms with Gasteiger partial charge >= 0.3 is 0 Å². The van der Waals surface area contributed by atoms with Crippen LogP contribution in [0.1, 0.15) is 16.7 Å². The highest BCUT2D eigenvalue weighted by Gasteiger charge is 2.18. The molecule has 0 saturated heterocycles. The average molecular weight is 301 g/mol. The number of fused-ring (bicyclic) bond motifs is 1. The summed E-state index contributed by atoms with van der Waals surface area (Å²) in [6.45, 7) is 3.95. The van der Waals surface area contributed by atoms with Gasteiger partial charge in [0.2, 0.25) is 0 Å². The third kappa shape index (κ3) is 3.34. The van der Waals surface area contributed by atoms with E-state index in [-0.39, 0.29) is 0 Å². The Bertz CT molecular complexity index is 630. The number of rotatable bonds is 4. The smallest absolute Gasteiger partial charge is 0.181 e. The zero-order valence-electron chi connectivity index (χ0n) is 12.3. The minimum absolute atomic E-state index is 0.770. The average Bonchev–Trinajstić information content (AvgIpc) is 2.53. The molecule has 2 aromatic rings. The van der Waals surface area contributed by atoms with Gasteiger partial charge in [-0.1, -0.05) is 30.3 Å². The molecular weight excluding hydrogens is 282 g/mol. The van der Waals surface area contributed by atoms with Crippen molar-refractivity contribution >= 4 is 12.2 Å². The Balaban J connectivity index is 1.64. The van der Waals surface area contributed by atoms with Crippen molar-refractivity contribution in [3.05, 3.63) is 59.2 Å². The van der Waals surface area contributed by atoms with Crippen LogP contribution in [0.2, 0.25) is 0 Å². The van der Waals surface area contributed by atoms with Gasteiger partial charge in [-0.2, -0.15) is 0 Å². The van der Waals surface area contributed by atoms with Crippen LogP contribution in [0.5, 0.6) is 11.5 Å². The van der Waals surface area contributed by atoms with Gasteiger partial charge in [-0.05, 0) is 42.2 Å². The summed E-state index contributed by atoms with van der Waals surface area (Å²) < 4.78 is 13.5. The Morgan fingerprint density at radius 1 is 1.05 bits per heavy atom. The summed E-state index contributed by atoms with van der Waals surface area (Å²) in [6, 6.07) is 14.6. The summed E-state index contributed by atoms with van der Waals surface area (Å²) >= 11 is 1.40. The number of hydrogen-bond acceptors (Lipinski definition) is 4. The van der Waals surface area contributed by atoms with E-state index in [1.807, 2.05) is 25.1 Å². The van der Waals surface area contributed by atoms with Crippen molar-refractivity contribution in [1.29, 1.82) is 0 Å². The van der Waals surface area contributed by atoms with Crippen molar-refractivity contribution in [2.45, 2.75) is 19.9 Å². The standard InChI is InChI=1S/C17H19NO2S/c1-13-7-8-16(17(11-13)19-2)20-21-18-10-9-14-5-3-4-6-15(14)12-18/h3-8,11H,9-10,12H2,1-2H3. The van der Waals surface area contributed by atoms with Crippen molar-refractivity contribution < 1.29 is 8.92 Å². The maximum Gasteiger partial charge on any atom is 0.181 e. The van der Waals surface area contributed by atoms with Crippen LogP contribution in [-0.4, -0.2) is 18.0 Å². The maximum absolute atomic E-state index is 5.86. The fourth-order valence-electron chi connectivity index (χ4n) is 2.47. The second-order valence-corrected chi connectivity index (χ2v) is 6.03. The topological polar surface area (TPSA) is 21.7 Å². The van der Waals surface area contributed by atoms with Gasteiger partial charge in [-0.25, -0.2) is 4.31 Å². The highest BCUT2D eigenvalue weighted by Crippen LogP contribution is 2.33. The Labute approximate surface area is 130 Å². The zero-order chi connectivity index (χ0) is 14.7. The van der Waals surface area contributed by atoms with E-state index < -0.39 is 0 Å². The lowest BCUT2D eigenvalue weighted by atomic mass is 10.0. The summed E-state index contributed by atoms with van der Waals surface area (Å²) in [6.07, 6.45) is 1.07. The molecule has 3 nitrogen and oxygen atoms in total. The molecule has 110 valence electrons. The Morgan fingerprint density at radius 2 is 1.86 bits per heavy atom. The van der Waals surface area contributed by atoms with E-state index in [2.05, 4.69) is 28.6 Å². The predicted molar refractivity (Wildman–Crippen MR) is 86.5 cm³/mol. The molecule has 4 heteroatoms.